The van der Waals surface area contributed by atoms with Gasteiger partial charge < -0.3 is 19.5 Å². The van der Waals surface area contributed by atoms with Crippen LogP contribution in [0.15, 0.2) is 18.2 Å². The number of aromatic nitrogens is 1. The van der Waals surface area contributed by atoms with E-state index in [2.05, 4.69) is 17.2 Å². The highest BCUT2D eigenvalue weighted by atomic mass is 16.5. The first-order valence-electron chi connectivity index (χ1n) is 6.77. The molecule has 108 valence electrons. The molecule has 0 aliphatic rings. The molecular formula is C14H24N2O3. The molecule has 5 heteroatoms. The summed E-state index contributed by atoms with van der Waals surface area (Å²) >= 11 is 0. The van der Waals surface area contributed by atoms with E-state index in [0.29, 0.717) is 25.7 Å². The summed E-state index contributed by atoms with van der Waals surface area (Å²) in [7, 11) is 1.69. The van der Waals surface area contributed by atoms with E-state index in [0.717, 1.165) is 31.8 Å². The van der Waals surface area contributed by atoms with Crippen molar-refractivity contribution in [3.63, 3.8) is 0 Å². The molecule has 0 aromatic carbocycles. The van der Waals surface area contributed by atoms with Gasteiger partial charge in [-0.15, -0.1) is 0 Å². The van der Waals surface area contributed by atoms with Crippen LogP contribution < -0.4 is 10.1 Å². The Morgan fingerprint density at radius 3 is 2.84 bits per heavy atom. The van der Waals surface area contributed by atoms with Gasteiger partial charge in [-0.2, -0.15) is 4.98 Å². The number of nitrogens with zero attached hydrogens (tertiary/aromatic N) is 1. The van der Waals surface area contributed by atoms with Gasteiger partial charge in [-0.1, -0.05) is 13.0 Å². The normalized spacial score (nSPS) is 10.4. The molecule has 1 N–H and O–H groups in total. The zero-order chi connectivity index (χ0) is 13.8. The molecule has 0 radical (unpaired) electrons. The van der Waals surface area contributed by atoms with Crippen molar-refractivity contribution in [2.24, 2.45) is 0 Å². The highest BCUT2D eigenvalue weighted by Crippen LogP contribution is 2.11. The fraction of sp³-hybridized carbons (Fsp3) is 0.643. The zero-order valence-corrected chi connectivity index (χ0v) is 11.9. The Labute approximate surface area is 115 Å². The molecule has 0 bridgehead atoms. The number of pyridine rings is 1. The molecule has 0 saturated heterocycles. The van der Waals surface area contributed by atoms with Crippen LogP contribution in [-0.2, 0) is 9.47 Å². The third-order valence-corrected chi connectivity index (χ3v) is 2.39. The first-order chi connectivity index (χ1) is 9.36. The quantitative estimate of drug-likeness (QED) is 0.624. The van der Waals surface area contributed by atoms with Gasteiger partial charge in [0.25, 0.3) is 0 Å². The molecule has 0 aliphatic heterocycles. The summed E-state index contributed by atoms with van der Waals surface area (Å²) in [6, 6.07) is 5.71. The largest absolute Gasteiger partial charge is 0.475 e. The number of anilines is 1. The second kappa shape index (κ2) is 10.6. The molecule has 1 aromatic rings. The van der Waals surface area contributed by atoms with Crippen LogP contribution >= 0.6 is 0 Å². The van der Waals surface area contributed by atoms with E-state index in [9.17, 15) is 0 Å². The lowest BCUT2D eigenvalue weighted by molar-refractivity contribution is 0.0796. The summed E-state index contributed by atoms with van der Waals surface area (Å²) in [6.45, 7) is 5.54. The average molecular weight is 268 g/mol. The molecule has 1 rings (SSSR count). The SMILES string of the molecule is CCCNc1cccc(OCCOCCCOC)n1. The summed E-state index contributed by atoms with van der Waals surface area (Å²) in [5.41, 5.74) is 0. The van der Waals surface area contributed by atoms with Crippen LogP contribution in [0.5, 0.6) is 5.88 Å². The summed E-state index contributed by atoms with van der Waals surface area (Å²) in [6.07, 6.45) is 1.98. The molecule has 5 nitrogen and oxygen atoms in total. The molecule has 0 fully saturated rings. The highest BCUT2D eigenvalue weighted by Gasteiger charge is 1.98. The lowest BCUT2D eigenvalue weighted by Crippen LogP contribution is -2.10. The van der Waals surface area contributed by atoms with Gasteiger partial charge in [0, 0.05) is 32.9 Å². The van der Waals surface area contributed by atoms with Crippen LogP contribution in [0.4, 0.5) is 5.82 Å². The van der Waals surface area contributed by atoms with Crippen LogP contribution in [0.3, 0.4) is 0 Å². The molecule has 0 atom stereocenters. The monoisotopic (exact) mass is 268 g/mol. The second-order valence-corrected chi connectivity index (χ2v) is 4.10. The predicted molar refractivity (Wildman–Crippen MR) is 75.8 cm³/mol. The fourth-order valence-corrected chi connectivity index (χ4v) is 1.46. The Bertz CT molecular complexity index is 334. The maximum absolute atomic E-state index is 5.53. The molecule has 19 heavy (non-hydrogen) atoms. The molecule has 0 saturated carbocycles. The van der Waals surface area contributed by atoms with E-state index in [1.165, 1.54) is 0 Å². The summed E-state index contributed by atoms with van der Waals surface area (Å²) < 4.78 is 15.9. The Kier molecular flexibility index (Phi) is 8.76. The van der Waals surface area contributed by atoms with Crippen molar-refractivity contribution in [2.75, 3.05) is 45.4 Å². The van der Waals surface area contributed by atoms with Gasteiger partial charge in [-0.05, 0) is 18.9 Å². The van der Waals surface area contributed by atoms with E-state index in [-0.39, 0.29) is 0 Å². The Hall–Kier alpha value is -1.33. The van der Waals surface area contributed by atoms with Crippen LogP contribution in [0.2, 0.25) is 0 Å². The molecule has 0 amide bonds. The number of rotatable bonds is 11. The zero-order valence-electron chi connectivity index (χ0n) is 11.9. The van der Waals surface area contributed by atoms with Gasteiger partial charge in [0.2, 0.25) is 5.88 Å². The lowest BCUT2D eigenvalue weighted by Gasteiger charge is -2.08. The van der Waals surface area contributed by atoms with Gasteiger partial charge in [0.05, 0.1) is 6.61 Å². The minimum atomic E-state index is 0.511. The summed E-state index contributed by atoms with van der Waals surface area (Å²) in [5.74, 6) is 1.47. The van der Waals surface area contributed by atoms with Gasteiger partial charge in [-0.25, -0.2) is 0 Å². The Morgan fingerprint density at radius 2 is 2.05 bits per heavy atom. The summed E-state index contributed by atoms with van der Waals surface area (Å²) in [4.78, 5) is 4.35. The smallest absolute Gasteiger partial charge is 0.215 e. The third kappa shape index (κ3) is 7.64. The molecule has 0 aliphatic carbocycles. The lowest BCUT2D eigenvalue weighted by atomic mass is 10.4. The fourth-order valence-electron chi connectivity index (χ4n) is 1.46. The van der Waals surface area contributed by atoms with E-state index in [4.69, 9.17) is 14.2 Å². The van der Waals surface area contributed by atoms with Gasteiger partial charge in [-0.3, -0.25) is 0 Å². The van der Waals surface area contributed by atoms with Crippen molar-refractivity contribution in [1.29, 1.82) is 0 Å². The van der Waals surface area contributed by atoms with Crippen LogP contribution in [0, 0.1) is 0 Å². The minimum absolute atomic E-state index is 0.511. The van der Waals surface area contributed by atoms with Crippen molar-refractivity contribution >= 4 is 5.82 Å². The predicted octanol–water partition coefficient (Wildman–Crippen LogP) is 2.34. The van der Waals surface area contributed by atoms with Crippen LogP contribution in [0.1, 0.15) is 19.8 Å². The number of ether oxygens (including phenoxy) is 3. The maximum atomic E-state index is 5.53. The van der Waals surface area contributed by atoms with Gasteiger partial charge in [0.1, 0.15) is 12.4 Å². The molecule has 0 spiro atoms. The number of hydrogen-bond acceptors (Lipinski definition) is 5. The number of nitrogens with one attached hydrogen (secondary N) is 1. The van der Waals surface area contributed by atoms with Crippen molar-refractivity contribution in [2.45, 2.75) is 19.8 Å². The van der Waals surface area contributed by atoms with E-state index >= 15 is 0 Å². The number of hydrogen-bond donors (Lipinski definition) is 1. The second-order valence-electron chi connectivity index (χ2n) is 4.10. The molecule has 0 unspecified atom stereocenters. The minimum Gasteiger partial charge on any atom is -0.475 e. The molecular weight excluding hydrogens is 244 g/mol. The van der Waals surface area contributed by atoms with Gasteiger partial charge in [0.15, 0.2) is 0 Å². The van der Waals surface area contributed by atoms with Crippen molar-refractivity contribution in [3.8, 4) is 5.88 Å². The Balaban J connectivity index is 2.14. The summed E-state index contributed by atoms with van der Waals surface area (Å²) in [5, 5.41) is 3.22. The number of methoxy groups -OCH3 is 1. The van der Waals surface area contributed by atoms with E-state index in [1.54, 1.807) is 7.11 Å². The first-order valence-corrected chi connectivity index (χ1v) is 6.77. The maximum Gasteiger partial charge on any atom is 0.215 e. The van der Waals surface area contributed by atoms with E-state index in [1.807, 2.05) is 18.2 Å². The van der Waals surface area contributed by atoms with Crippen molar-refractivity contribution < 1.29 is 14.2 Å². The van der Waals surface area contributed by atoms with Crippen LogP contribution in [-0.4, -0.2) is 45.1 Å². The molecule has 1 heterocycles. The topological polar surface area (TPSA) is 52.6 Å². The van der Waals surface area contributed by atoms with E-state index < -0.39 is 0 Å². The van der Waals surface area contributed by atoms with Crippen molar-refractivity contribution in [1.82, 2.24) is 4.98 Å². The standard InChI is InChI=1S/C14H24N2O3/c1-3-8-15-13-6-4-7-14(16-13)19-12-11-18-10-5-9-17-2/h4,6-7H,3,5,8-12H2,1-2H3,(H,15,16). The Morgan fingerprint density at radius 1 is 1.16 bits per heavy atom. The average Bonchev–Trinajstić information content (AvgIpc) is 2.44. The third-order valence-electron chi connectivity index (χ3n) is 2.39. The van der Waals surface area contributed by atoms with Crippen molar-refractivity contribution in [3.05, 3.63) is 18.2 Å². The first kappa shape index (κ1) is 15.7. The van der Waals surface area contributed by atoms with Gasteiger partial charge >= 0.3 is 0 Å². The van der Waals surface area contributed by atoms with Crippen LogP contribution in [0.25, 0.3) is 0 Å². The highest BCUT2D eigenvalue weighted by molar-refractivity contribution is 5.36. The molecule has 1 aromatic heterocycles.